The number of hydrogen-bond donors (Lipinski definition) is 1. The van der Waals surface area contributed by atoms with Crippen LogP contribution in [0.1, 0.15) is 10.4 Å². The van der Waals surface area contributed by atoms with E-state index in [9.17, 15) is 4.39 Å². The number of hydrogen-bond acceptors (Lipinski definition) is 5. The lowest BCUT2D eigenvalue weighted by Gasteiger charge is -2.18. The molecule has 0 aliphatic carbocycles. The van der Waals surface area contributed by atoms with Gasteiger partial charge in [-0.05, 0) is 24.0 Å². The molecule has 3 nitrogen and oxygen atoms in total. The Kier molecular flexibility index (Phi) is 4.53. The summed E-state index contributed by atoms with van der Waals surface area (Å²) in [5, 5.41) is 10.0. The number of nitrogen functional groups attached to an aromatic ring is 1. The number of halogens is 1. The number of nitrogens with two attached hydrogens (primary N) is 1. The van der Waals surface area contributed by atoms with E-state index in [1.807, 2.05) is 18.2 Å². The van der Waals surface area contributed by atoms with E-state index in [0.29, 0.717) is 17.1 Å². The summed E-state index contributed by atoms with van der Waals surface area (Å²) in [6, 6.07) is 8.53. The third kappa shape index (κ3) is 2.89. The van der Waals surface area contributed by atoms with Crippen molar-refractivity contribution in [1.29, 1.82) is 5.26 Å². The molecule has 1 aromatic heterocycles. The number of rotatable bonds is 4. The molecule has 20 heavy (non-hydrogen) atoms. The van der Waals surface area contributed by atoms with Crippen LogP contribution in [0.5, 0.6) is 0 Å². The molecular formula is C14H14FN3S2. The van der Waals surface area contributed by atoms with Crippen LogP contribution in [0.2, 0.25) is 0 Å². The molecule has 0 fully saturated rings. The van der Waals surface area contributed by atoms with Crippen molar-refractivity contribution >= 4 is 33.8 Å². The molecule has 0 unspecified atom stereocenters. The Labute approximate surface area is 125 Å². The van der Waals surface area contributed by atoms with Crippen molar-refractivity contribution in [2.45, 2.75) is 11.4 Å². The van der Waals surface area contributed by atoms with Gasteiger partial charge >= 0.3 is 0 Å². The molecule has 0 bridgehead atoms. The molecule has 0 atom stereocenters. The zero-order valence-electron chi connectivity index (χ0n) is 11.2. The molecule has 0 aliphatic heterocycles. The van der Waals surface area contributed by atoms with Crippen LogP contribution in [0.3, 0.4) is 0 Å². The Morgan fingerprint density at radius 3 is 2.60 bits per heavy atom. The number of thioether (sulfide) groups is 1. The van der Waals surface area contributed by atoms with Crippen molar-refractivity contribution in [3.05, 3.63) is 40.5 Å². The first-order valence-corrected chi connectivity index (χ1v) is 7.93. The summed E-state index contributed by atoms with van der Waals surface area (Å²) in [7, 11) is 1.94. The maximum absolute atomic E-state index is 12.9. The highest BCUT2D eigenvalue weighted by atomic mass is 32.2. The summed E-state index contributed by atoms with van der Waals surface area (Å²) in [5.41, 5.74) is 7.52. The molecule has 1 heterocycles. The van der Waals surface area contributed by atoms with Crippen molar-refractivity contribution < 1.29 is 4.39 Å². The van der Waals surface area contributed by atoms with Gasteiger partial charge in [0.05, 0.1) is 10.6 Å². The number of thiophene rings is 1. The summed E-state index contributed by atoms with van der Waals surface area (Å²) in [5.74, 6) is -0.242. The average molecular weight is 307 g/mol. The first kappa shape index (κ1) is 14.7. The Hall–Kier alpha value is -1.71. The Bertz CT molecular complexity index is 644. The van der Waals surface area contributed by atoms with E-state index in [4.69, 9.17) is 11.0 Å². The van der Waals surface area contributed by atoms with Gasteiger partial charge in [0.1, 0.15) is 21.8 Å². The fourth-order valence-electron chi connectivity index (χ4n) is 1.88. The zero-order valence-corrected chi connectivity index (χ0v) is 12.8. The smallest absolute Gasteiger partial charge is 0.131 e. The van der Waals surface area contributed by atoms with E-state index >= 15 is 0 Å². The van der Waals surface area contributed by atoms with Crippen LogP contribution in [0, 0.1) is 17.1 Å². The molecule has 2 aromatic rings. The second kappa shape index (κ2) is 6.16. The minimum Gasteiger partial charge on any atom is -0.396 e. The molecule has 0 spiro atoms. The van der Waals surface area contributed by atoms with E-state index in [2.05, 4.69) is 6.07 Å². The summed E-state index contributed by atoms with van der Waals surface area (Å²) >= 11 is 2.92. The van der Waals surface area contributed by atoms with Gasteiger partial charge in [0, 0.05) is 13.6 Å². The Morgan fingerprint density at radius 2 is 2.05 bits per heavy atom. The van der Waals surface area contributed by atoms with Crippen molar-refractivity contribution in [2.24, 2.45) is 0 Å². The SMILES string of the molecule is CSc1c(N(C)Cc2ccc(F)cc2)sc(C#N)c1N. The van der Waals surface area contributed by atoms with E-state index in [1.165, 1.54) is 35.2 Å². The first-order valence-electron chi connectivity index (χ1n) is 5.88. The van der Waals surface area contributed by atoms with Gasteiger partial charge in [-0.15, -0.1) is 23.1 Å². The second-order valence-corrected chi connectivity index (χ2v) is 6.09. The van der Waals surface area contributed by atoms with Crippen LogP contribution in [0.25, 0.3) is 0 Å². The van der Waals surface area contributed by atoms with Crippen LogP contribution in [-0.2, 0) is 6.54 Å². The number of nitriles is 1. The van der Waals surface area contributed by atoms with Crippen LogP contribution in [-0.4, -0.2) is 13.3 Å². The monoisotopic (exact) mass is 307 g/mol. The standard InChI is InChI=1S/C14H14FN3S2/c1-18(8-9-3-5-10(15)6-4-9)14-13(19-2)12(17)11(7-16)20-14/h3-6H,8,17H2,1-2H3. The first-order chi connectivity index (χ1) is 9.56. The van der Waals surface area contributed by atoms with Crippen LogP contribution in [0.15, 0.2) is 29.2 Å². The Morgan fingerprint density at radius 1 is 1.40 bits per heavy atom. The molecule has 0 saturated carbocycles. The molecule has 0 radical (unpaired) electrons. The van der Waals surface area contributed by atoms with Crippen LogP contribution < -0.4 is 10.6 Å². The number of nitrogens with zero attached hydrogens (tertiary/aromatic N) is 2. The third-order valence-electron chi connectivity index (χ3n) is 2.87. The van der Waals surface area contributed by atoms with Crippen molar-refractivity contribution in [2.75, 3.05) is 23.9 Å². The summed E-state index contributed by atoms with van der Waals surface area (Å²) in [6.07, 6.45) is 1.94. The largest absolute Gasteiger partial charge is 0.396 e. The summed E-state index contributed by atoms with van der Waals surface area (Å²) in [6.45, 7) is 0.638. The Balaban J connectivity index is 2.27. The molecule has 1 aromatic carbocycles. The highest BCUT2D eigenvalue weighted by Gasteiger charge is 2.18. The minimum atomic E-state index is -0.242. The highest BCUT2D eigenvalue weighted by Crippen LogP contribution is 2.43. The maximum Gasteiger partial charge on any atom is 0.131 e. The normalized spacial score (nSPS) is 10.3. The molecular weight excluding hydrogens is 293 g/mol. The average Bonchev–Trinajstić information content (AvgIpc) is 2.77. The summed E-state index contributed by atoms with van der Waals surface area (Å²) in [4.78, 5) is 3.49. The predicted molar refractivity (Wildman–Crippen MR) is 83.7 cm³/mol. The molecule has 104 valence electrons. The van der Waals surface area contributed by atoms with Gasteiger partial charge in [-0.2, -0.15) is 5.26 Å². The lowest BCUT2D eigenvalue weighted by molar-refractivity contribution is 0.627. The second-order valence-electron chi connectivity index (χ2n) is 4.28. The molecule has 0 saturated heterocycles. The van der Waals surface area contributed by atoms with Gasteiger partial charge in [-0.3, -0.25) is 0 Å². The highest BCUT2D eigenvalue weighted by molar-refractivity contribution is 7.99. The van der Waals surface area contributed by atoms with Gasteiger partial charge in [0.15, 0.2) is 0 Å². The van der Waals surface area contributed by atoms with Gasteiger partial charge in [0.25, 0.3) is 0 Å². The lowest BCUT2D eigenvalue weighted by atomic mass is 10.2. The van der Waals surface area contributed by atoms with Gasteiger partial charge < -0.3 is 10.6 Å². The zero-order chi connectivity index (χ0) is 14.7. The maximum atomic E-state index is 12.9. The predicted octanol–water partition coefficient (Wildman–Crippen LogP) is 3.70. The van der Waals surface area contributed by atoms with Crippen molar-refractivity contribution in [3.63, 3.8) is 0 Å². The summed E-state index contributed by atoms with van der Waals surface area (Å²) < 4.78 is 12.9. The van der Waals surface area contributed by atoms with Crippen molar-refractivity contribution in [3.8, 4) is 6.07 Å². The lowest BCUT2D eigenvalue weighted by Crippen LogP contribution is -2.15. The van der Waals surface area contributed by atoms with Gasteiger partial charge in [0.2, 0.25) is 0 Å². The topological polar surface area (TPSA) is 53.0 Å². The minimum absolute atomic E-state index is 0.242. The van der Waals surface area contributed by atoms with Gasteiger partial charge in [-0.25, -0.2) is 4.39 Å². The van der Waals surface area contributed by atoms with Crippen LogP contribution in [0.4, 0.5) is 15.1 Å². The van der Waals surface area contributed by atoms with Crippen LogP contribution >= 0.6 is 23.1 Å². The number of benzene rings is 1. The molecule has 2 N–H and O–H groups in total. The van der Waals surface area contributed by atoms with E-state index in [1.54, 1.807) is 12.1 Å². The fourth-order valence-corrected chi connectivity index (χ4v) is 3.85. The van der Waals surface area contributed by atoms with E-state index in [0.717, 1.165) is 15.5 Å². The van der Waals surface area contributed by atoms with Gasteiger partial charge in [-0.1, -0.05) is 12.1 Å². The third-order valence-corrected chi connectivity index (χ3v) is 5.04. The van der Waals surface area contributed by atoms with E-state index in [-0.39, 0.29) is 5.82 Å². The quantitative estimate of drug-likeness (QED) is 0.875. The fraction of sp³-hybridized carbons (Fsp3) is 0.214. The van der Waals surface area contributed by atoms with E-state index < -0.39 is 0 Å². The van der Waals surface area contributed by atoms with Crippen molar-refractivity contribution in [1.82, 2.24) is 0 Å². The molecule has 6 heteroatoms. The molecule has 2 rings (SSSR count). The molecule has 0 amide bonds. The molecule has 0 aliphatic rings. The number of anilines is 2.